The Bertz CT molecular complexity index is 1300. The quantitative estimate of drug-likeness (QED) is 0.503. The molecule has 1 aliphatic rings. The average molecular weight is 503 g/mol. The van der Waals surface area contributed by atoms with Crippen LogP contribution < -0.4 is 0 Å². The van der Waals surface area contributed by atoms with Gasteiger partial charge in [0.25, 0.3) is 5.91 Å². The number of carbonyl (C=O) groups is 2. The highest BCUT2D eigenvalue weighted by Crippen LogP contribution is 2.24. The Morgan fingerprint density at radius 3 is 2.26 bits per heavy atom. The van der Waals surface area contributed by atoms with Gasteiger partial charge in [0, 0.05) is 25.2 Å². The number of morpholine rings is 1. The van der Waals surface area contributed by atoms with Gasteiger partial charge in [-0.25, -0.2) is 12.8 Å². The minimum Gasteiger partial charge on any atom is -0.480 e. The number of amides is 1. The zero-order valence-corrected chi connectivity index (χ0v) is 19.4. The van der Waals surface area contributed by atoms with Crippen molar-refractivity contribution in [2.24, 2.45) is 0 Å². The van der Waals surface area contributed by atoms with E-state index in [0.29, 0.717) is 30.1 Å². The van der Waals surface area contributed by atoms with Gasteiger partial charge < -0.3 is 19.2 Å². The second-order valence-electron chi connectivity index (χ2n) is 7.89. The SMILES string of the molecule is O=C(O)CN(Cc1ccc(S(=O)(=O)N2CCOCC2)cc1)C(=O)c1ccc(-c2ccc(F)cc2)o1. The summed E-state index contributed by atoms with van der Waals surface area (Å²) in [5, 5.41) is 9.31. The van der Waals surface area contributed by atoms with Crippen LogP contribution in [0.25, 0.3) is 11.3 Å². The molecule has 0 saturated carbocycles. The Labute approximate surface area is 201 Å². The van der Waals surface area contributed by atoms with E-state index < -0.39 is 34.3 Å². The first kappa shape index (κ1) is 24.6. The second-order valence-corrected chi connectivity index (χ2v) is 9.82. The van der Waals surface area contributed by atoms with E-state index in [-0.39, 0.29) is 30.3 Å². The van der Waals surface area contributed by atoms with Crippen LogP contribution in [-0.4, -0.2) is 67.5 Å². The number of rotatable bonds is 8. The molecule has 35 heavy (non-hydrogen) atoms. The molecule has 0 unspecified atom stereocenters. The van der Waals surface area contributed by atoms with Crippen LogP contribution in [0.15, 0.2) is 70.0 Å². The maximum absolute atomic E-state index is 13.2. The number of sulfonamides is 1. The Morgan fingerprint density at radius 2 is 1.63 bits per heavy atom. The monoisotopic (exact) mass is 502 g/mol. The molecular weight excluding hydrogens is 479 g/mol. The zero-order valence-electron chi connectivity index (χ0n) is 18.6. The van der Waals surface area contributed by atoms with Gasteiger partial charge in [-0.3, -0.25) is 9.59 Å². The standard InChI is InChI=1S/C24H23FN2O7S/c25-19-5-3-18(4-6-19)21-9-10-22(34-21)24(30)26(16-23(28)29)15-17-1-7-20(8-2-17)35(31,32)27-11-13-33-14-12-27/h1-10H,11-16H2,(H,28,29). The van der Waals surface area contributed by atoms with Gasteiger partial charge in [0.1, 0.15) is 18.1 Å². The number of nitrogens with zero attached hydrogens (tertiary/aromatic N) is 2. The number of carboxylic acid groups (broad SMARTS) is 1. The third-order valence-corrected chi connectivity index (χ3v) is 7.38. The van der Waals surface area contributed by atoms with E-state index in [4.69, 9.17) is 9.15 Å². The van der Waals surface area contributed by atoms with Crippen molar-refractivity contribution in [3.63, 3.8) is 0 Å². The summed E-state index contributed by atoms with van der Waals surface area (Å²) in [6.45, 7) is 0.551. The molecule has 4 rings (SSSR count). The molecule has 1 aliphatic heterocycles. The highest BCUT2D eigenvalue weighted by Gasteiger charge is 2.27. The fraction of sp³-hybridized carbons (Fsp3) is 0.250. The van der Waals surface area contributed by atoms with Gasteiger partial charge in [-0.05, 0) is 54.1 Å². The molecule has 184 valence electrons. The van der Waals surface area contributed by atoms with Gasteiger partial charge in [-0.2, -0.15) is 4.31 Å². The van der Waals surface area contributed by atoms with Crippen molar-refractivity contribution in [3.8, 4) is 11.3 Å². The summed E-state index contributed by atoms with van der Waals surface area (Å²) in [6.07, 6.45) is 0. The summed E-state index contributed by atoms with van der Waals surface area (Å²) in [5.74, 6) is -2.01. The number of furan rings is 1. The van der Waals surface area contributed by atoms with Gasteiger partial charge in [0.2, 0.25) is 10.0 Å². The molecular formula is C24H23FN2O7S. The number of hydrogen-bond acceptors (Lipinski definition) is 6. The number of hydrogen-bond donors (Lipinski definition) is 1. The van der Waals surface area contributed by atoms with Crippen LogP contribution in [0.3, 0.4) is 0 Å². The van der Waals surface area contributed by atoms with Crippen molar-refractivity contribution >= 4 is 21.9 Å². The van der Waals surface area contributed by atoms with Crippen LogP contribution in [0.1, 0.15) is 16.1 Å². The molecule has 1 amide bonds. The predicted molar refractivity (Wildman–Crippen MR) is 122 cm³/mol. The Kier molecular flexibility index (Phi) is 7.29. The summed E-state index contributed by atoms with van der Waals surface area (Å²) in [7, 11) is -3.67. The topological polar surface area (TPSA) is 117 Å². The van der Waals surface area contributed by atoms with Crippen molar-refractivity contribution in [2.75, 3.05) is 32.8 Å². The highest BCUT2D eigenvalue weighted by molar-refractivity contribution is 7.89. The maximum atomic E-state index is 13.2. The Hall–Kier alpha value is -3.54. The molecule has 2 heterocycles. The molecule has 3 aromatic rings. The zero-order chi connectivity index (χ0) is 25.0. The molecule has 1 fully saturated rings. The number of aliphatic carboxylic acids is 1. The van der Waals surface area contributed by atoms with E-state index in [1.807, 2.05) is 0 Å². The van der Waals surface area contributed by atoms with E-state index in [0.717, 1.165) is 4.90 Å². The molecule has 2 aromatic carbocycles. The first-order valence-corrected chi connectivity index (χ1v) is 12.2. The van der Waals surface area contributed by atoms with Crippen molar-refractivity contribution in [3.05, 3.63) is 77.8 Å². The van der Waals surface area contributed by atoms with Gasteiger partial charge in [-0.1, -0.05) is 12.1 Å². The molecule has 0 atom stereocenters. The highest BCUT2D eigenvalue weighted by atomic mass is 32.2. The largest absolute Gasteiger partial charge is 0.480 e. The summed E-state index contributed by atoms with van der Waals surface area (Å²) >= 11 is 0. The molecule has 1 aromatic heterocycles. The maximum Gasteiger partial charge on any atom is 0.323 e. The molecule has 1 N–H and O–H groups in total. The normalized spacial score (nSPS) is 14.5. The molecule has 9 nitrogen and oxygen atoms in total. The van der Waals surface area contributed by atoms with Crippen LogP contribution in [0, 0.1) is 5.82 Å². The average Bonchev–Trinajstić information content (AvgIpc) is 3.34. The van der Waals surface area contributed by atoms with E-state index in [2.05, 4.69) is 0 Å². The summed E-state index contributed by atoms with van der Waals surface area (Å²) < 4.78 is 50.9. The number of carbonyl (C=O) groups excluding carboxylic acids is 1. The molecule has 1 saturated heterocycles. The molecule has 0 radical (unpaired) electrons. The van der Waals surface area contributed by atoms with Gasteiger partial charge >= 0.3 is 5.97 Å². The molecule has 0 bridgehead atoms. The number of benzene rings is 2. The fourth-order valence-electron chi connectivity index (χ4n) is 3.66. The van der Waals surface area contributed by atoms with Crippen LogP contribution in [0.4, 0.5) is 4.39 Å². The van der Waals surface area contributed by atoms with Crippen molar-refractivity contribution in [1.29, 1.82) is 0 Å². The van der Waals surface area contributed by atoms with Gasteiger partial charge in [0.15, 0.2) is 5.76 Å². The fourth-order valence-corrected chi connectivity index (χ4v) is 5.07. The van der Waals surface area contributed by atoms with Crippen molar-refractivity contribution < 1.29 is 36.7 Å². The lowest BCUT2D eigenvalue weighted by Crippen LogP contribution is -2.40. The predicted octanol–water partition coefficient (Wildman–Crippen LogP) is 2.83. The second kappa shape index (κ2) is 10.4. The van der Waals surface area contributed by atoms with E-state index in [1.165, 1.54) is 46.8 Å². The Morgan fingerprint density at radius 1 is 0.971 bits per heavy atom. The summed E-state index contributed by atoms with van der Waals surface area (Å²) in [5.41, 5.74) is 1.11. The minimum atomic E-state index is -3.67. The molecule has 0 spiro atoms. The lowest BCUT2D eigenvalue weighted by Gasteiger charge is -2.26. The number of carboxylic acids is 1. The first-order valence-electron chi connectivity index (χ1n) is 10.8. The van der Waals surface area contributed by atoms with Gasteiger partial charge in [0.05, 0.1) is 18.1 Å². The van der Waals surface area contributed by atoms with Crippen LogP contribution in [-0.2, 0) is 26.1 Å². The first-order chi connectivity index (χ1) is 16.7. The summed E-state index contributed by atoms with van der Waals surface area (Å²) in [4.78, 5) is 25.6. The number of ether oxygens (including phenoxy) is 1. The minimum absolute atomic E-state index is 0.0721. The molecule has 11 heteroatoms. The van der Waals surface area contributed by atoms with E-state index >= 15 is 0 Å². The van der Waals surface area contributed by atoms with Gasteiger partial charge in [-0.15, -0.1) is 0 Å². The third-order valence-electron chi connectivity index (χ3n) is 5.46. The van der Waals surface area contributed by atoms with Crippen LogP contribution in [0.5, 0.6) is 0 Å². The van der Waals surface area contributed by atoms with Crippen molar-refractivity contribution in [1.82, 2.24) is 9.21 Å². The Balaban J connectivity index is 1.50. The third kappa shape index (κ3) is 5.76. The van der Waals surface area contributed by atoms with Crippen molar-refractivity contribution in [2.45, 2.75) is 11.4 Å². The van der Waals surface area contributed by atoms with E-state index in [1.54, 1.807) is 18.2 Å². The number of halogens is 1. The lowest BCUT2D eigenvalue weighted by atomic mass is 10.2. The van der Waals surface area contributed by atoms with Crippen LogP contribution >= 0.6 is 0 Å². The van der Waals surface area contributed by atoms with Crippen LogP contribution in [0.2, 0.25) is 0 Å². The summed E-state index contributed by atoms with van der Waals surface area (Å²) in [6, 6.07) is 14.5. The molecule has 0 aliphatic carbocycles. The lowest BCUT2D eigenvalue weighted by molar-refractivity contribution is -0.137. The smallest absolute Gasteiger partial charge is 0.323 e. The van der Waals surface area contributed by atoms with E-state index in [9.17, 15) is 27.5 Å².